The van der Waals surface area contributed by atoms with Crippen molar-refractivity contribution in [2.75, 3.05) is 30.5 Å². The van der Waals surface area contributed by atoms with Crippen LogP contribution >= 0.6 is 23.1 Å². The van der Waals surface area contributed by atoms with Crippen molar-refractivity contribution in [2.45, 2.75) is 45.4 Å². The van der Waals surface area contributed by atoms with Gasteiger partial charge in [0, 0.05) is 11.9 Å². The first kappa shape index (κ1) is 18.3. The Labute approximate surface area is 136 Å². The largest absolute Gasteiger partial charge is 0.465 e. The third kappa shape index (κ3) is 5.87. The summed E-state index contributed by atoms with van der Waals surface area (Å²) in [5.41, 5.74) is 0.0842. The summed E-state index contributed by atoms with van der Waals surface area (Å²) in [5.74, 6) is 1.01. The lowest BCUT2D eigenvalue weighted by atomic mass is 9.90. The van der Waals surface area contributed by atoms with Crippen molar-refractivity contribution in [1.29, 1.82) is 0 Å². The van der Waals surface area contributed by atoms with Crippen LogP contribution in [0.3, 0.4) is 0 Å². The Balaban J connectivity index is 2.43. The van der Waals surface area contributed by atoms with Crippen molar-refractivity contribution in [3.8, 4) is 0 Å². The summed E-state index contributed by atoms with van der Waals surface area (Å²) >= 11 is 3.44. The summed E-state index contributed by atoms with van der Waals surface area (Å²) in [4.78, 5) is 16.5. The van der Waals surface area contributed by atoms with E-state index < -0.39 is 5.41 Å². The number of hydrogen-bond acceptors (Lipinski definition) is 6. The average molecular weight is 331 g/mol. The molecule has 6 heteroatoms. The Bertz CT molecular complexity index is 433. The molecule has 0 saturated heterocycles. The van der Waals surface area contributed by atoms with Gasteiger partial charge in [-0.2, -0.15) is 11.8 Å². The van der Waals surface area contributed by atoms with Gasteiger partial charge >= 0.3 is 5.97 Å². The minimum Gasteiger partial charge on any atom is -0.465 e. The van der Waals surface area contributed by atoms with Crippen molar-refractivity contribution in [3.63, 3.8) is 0 Å². The molecule has 0 amide bonds. The first-order valence-corrected chi connectivity index (χ1v) is 9.65. The zero-order valence-electron chi connectivity index (χ0n) is 13.4. The van der Waals surface area contributed by atoms with Crippen LogP contribution in [-0.4, -0.2) is 36.1 Å². The van der Waals surface area contributed by atoms with Gasteiger partial charge in [0.2, 0.25) is 0 Å². The monoisotopic (exact) mass is 330 g/mol. The Morgan fingerprint density at radius 1 is 1.43 bits per heavy atom. The molecule has 1 aromatic rings. The fourth-order valence-corrected chi connectivity index (χ4v) is 3.20. The van der Waals surface area contributed by atoms with Gasteiger partial charge in [0.05, 0.1) is 12.3 Å². The number of carbonyl (C=O) groups excluding carboxylic acids is 1. The third-order valence-electron chi connectivity index (χ3n) is 3.23. The molecule has 0 aromatic carbocycles. The van der Waals surface area contributed by atoms with Crippen LogP contribution in [0, 0.1) is 0 Å². The predicted octanol–water partition coefficient (Wildman–Crippen LogP) is 3.93. The Morgan fingerprint density at radius 2 is 2.19 bits per heavy atom. The number of aromatic nitrogens is 1. The van der Waals surface area contributed by atoms with Gasteiger partial charge in [0.1, 0.15) is 5.41 Å². The lowest BCUT2D eigenvalue weighted by molar-refractivity contribution is -0.148. The zero-order valence-corrected chi connectivity index (χ0v) is 15.0. The van der Waals surface area contributed by atoms with E-state index in [1.165, 1.54) is 18.6 Å². The number of anilines is 1. The van der Waals surface area contributed by atoms with Crippen LogP contribution in [-0.2, 0) is 14.9 Å². The van der Waals surface area contributed by atoms with Crippen LogP contribution in [0.25, 0.3) is 0 Å². The molecule has 120 valence electrons. The molecule has 0 aliphatic carbocycles. The lowest BCUT2D eigenvalue weighted by Gasteiger charge is -2.19. The first-order chi connectivity index (χ1) is 10.0. The van der Waals surface area contributed by atoms with Crippen LogP contribution in [0.15, 0.2) is 5.38 Å². The molecule has 0 bridgehead atoms. The summed E-state index contributed by atoms with van der Waals surface area (Å²) in [6.07, 6.45) is 5.79. The predicted molar refractivity (Wildman–Crippen MR) is 92.5 cm³/mol. The Kier molecular flexibility index (Phi) is 8.11. The van der Waals surface area contributed by atoms with E-state index in [1.807, 2.05) is 37.9 Å². The van der Waals surface area contributed by atoms with E-state index >= 15 is 0 Å². The van der Waals surface area contributed by atoms with E-state index in [9.17, 15) is 4.79 Å². The van der Waals surface area contributed by atoms with Gasteiger partial charge in [-0.3, -0.25) is 4.79 Å². The molecule has 1 heterocycles. The minimum atomic E-state index is -0.690. The Morgan fingerprint density at radius 3 is 2.86 bits per heavy atom. The van der Waals surface area contributed by atoms with Crippen LogP contribution in [0.2, 0.25) is 0 Å². The molecule has 0 radical (unpaired) electrons. The van der Waals surface area contributed by atoms with Gasteiger partial charge in [-0.25, -0.2) is 4.98 Å². The molecule has 0 spiro atoms. The lowest BCUT2D eigenvalue weighted by Crippen LogP contribution is -2.31. The van der Waals surface area contributed by atoms with E-state index in [4.69, 9.17) is 4.74 Å². The number of nitrogens with one attached hydrogen (secondary N) is 1. The maximum absolute atomic E-state index is 12.0. The van der Waals surface area contributed by atoms with E-state index in [-0.39, 0.29) is 5.97 Å². The van der Waals surface area contributed by atoms with Crippen LogP contribution in [0.4, 0.5) is 5.13 Å². The SMILES string of the molecule is CCOC(=O)C(C)(C)c1csc(NCCCCCSC)n1. The molecule has 1 N–H and O–H groups in total. The molecular formula is C15H26N2O2S2. The molecule has 0 saturated carbocycles. The highest BCUT2D eigenvalue weighted by molar-refractivity contribution is 7.98. The fourth-order valence-electron chi connectivity index (χ4n) is 1.80. The van der Waals surface area contributed by atoms with Crippen molar-refractivity contribution < 1.29 is 9.53 Å². The van der Waals surface area contributed by atoms with Crippen molar-refractivity contribution in [3.05, 3.63) is 11.1 Å². The second kappa shape index (κ2) is 9.30. The quantitative estimate of drug-likeness (QED) is 0.520. The molecular weight excluding hydrogens is 304 g/mol. The molecule has 1 aromatic heterocycles. The van der Waals surface area contributed by atoms with Gasteiger partial charge in [-0.1, -0.05) is 6.42 Å². The molecule has 0 atom stereocenters. The highest BCUT2D eigenvalue weighted by Gasteiger charge is 2.33. The van der Waals surface area contributed by atoms with Crippen molar-refractivity contribution in [2.24, 2.45) is 0 Å². The topological polar surface area (TPSA) is 51.2 Å². The molecule has 4 nitrogen and oxygen atoms in total. The molecule has 0 unspecified atom stereocenters. The summed E-state index contributed by atoms with van der Waals surface area (Å²) < 4.78 is 5.11. The summed E-state index contributed by atoms with van der Waals surface area (Å²) in [6.45, 7) is 6.85. The van der Waals surface area contributed by atoms with Crippen LogP contribution in [0.1, 0.15) is 45.7 Å². The van der Waals surface area contributed by atoms with Gasteiger partial charge in [-0.15, -0.1) is 11.3 Å². The highest BCUT2D eigenvalue weighted by Crippen LogP contribution is 2.28. The van der Waals surface area contributed by atoms with Gasteiger partial charge in [0.15, 0.2) is 5.13 Å². The number of hydrogen-bond donors (Lipinski definition) is 1. The number of unbranched alkanes of at least 4 members (excludes halogenated alkanes) is 2. The number of thioether (sulfide) groups is 1. The smallest absolute Gasteiger partial charge is 0.317 e. The highest BCUT2D eigenvalue weighted by atomic mass is 32.2. The van der Waals surface area contributed by atoms with E-state index in [1.54, 1.807) is 11.3 Å². The summed E-state index contributed by atoms with van der Waals surface area (Å²) in [7, 11) is 0. The second-order valence-electron chi connectivity index (χ2n) is 5.36. The summed E-state index contributed by atoms with van der Waals surface area (Å²) in [6, 6.07) is 0. The third-order valence-corrected chi connectivity index (χ3v) is 4.73. The fraction of sp³-hybridized carbons (Fsp3) is 0.733. The zero-order chi connectivity index (χ0) is 15.7. The van der Waals surface area contributed by atoms with E-state index in [0.29, 0.717) is 6.61 Å². The standard InChI is InChI=1S/C15H26N2O2S2/c1-5-19-13(18)15(2,3)12-11-21-14(17-12)16-9-7-6-8-10-20-4/h11H,5-10H2,1-4H3,(H,16,17). The molecule has 1 rings (SSSR count). The van der Waals surface area contributed by atoms with Crippen molar-refractivity contribution >= 4 is 34.2 Å². The maximum atomic E-state index is 12.0. The number of ether oxygens (including phenoxy) is 1. The van der Waals surface area contributed by atoms with Gasteiger partial charge in [-0.05, 0) is 45.6 Å². The number of carbonyl (C=O) groups is 1. The van der Waals surface area contributed by atoms with Gasteiger partial charge in [0.25, 0.3) is 0 Å². The molecule has 21 heavy (non-hydrogen) atoms. The first-order valence-electron chi connectivity index (χ1n) is 7.38. The van der Waals surface area contributed by atoms with E-state index in [0.717, 1.165) is 23.8 Å². The molecule has 0 aliphatic rings. The molecule has 0 aliphatic heterocycles. The minimum absolute atomic E-state index is 0.223. The summed E-state index contributed by atoms with van der Waals surface area (Å²) in [5, 5.41) is 6.15. The van der Waals surface area contributed by atoms with Crippen molar-refractivity contribution in [1.82, 2.24) is 4.98 Å². The molecule has 0 fully saturated rings. The normalized spacial score (nSPS) is 11.4. The van der Waals surface area contributed by atoms with Crippen LogP contribution < -0.4 is 5.32 Å². The second-order valence-corrected chi connectivity index (χ2v) is 7.21. The Hall–Kier alpha value is -0.750. The van der Waals surface area contributed by atoms with E-state index in [2.05, 4.69) is 16.6 Å². The number of nitrogens with zero attached hydrogens (tertiary/aromatic N) is 1. The maximum Gasteiger partial charge on any atom is 0.317 e. The van der Waals surface area contributed by atoms with Crippen LogP contribution in [0.5, 0.6) is 0 Å². The van der Waals surface area contributed by atoms with Gasteiger partial charge < -0.3 is 10.1 Å². The average Bonchev–Trinajstić information content (AvgIpc) is 2.92. The number of esters is 1. The number of rotatable bonds is 10. The number of thiazole rings is 1.